The maximum Gasteiger partial charge on any atom is 0.338 e. The topological polar surface area (TPSA) is 109 Å². The molecule has 1 heterocycles. The lowest BCUT2D eigenvalue weighted by Crippen LogP contribution is -2.17. The number of hydrogen-bond acceptors (Lipinski definition) is 8. The molecule has 0 aliphatic carbocycles. The summed E-state index contributed by atoms with van der Waals surface area (Å²) in [4.78, 5) is 12.3. The number of fused-ring (bicyclic) bond motifs is 1. The van der Waals surface area contributed by atoms with Crippen LogP contribution in [0.5, 0.6) is 23.0 Å². The quantitative estimate of drug-likeness (QED) is 0.331. The van der Waals surface area contributed by atoms with Gasteiger partial charge in [0.15, 0.2) is 11.5 Å². The van der Waals surface area contributed by atoms with Crippen LogP contribution in [-0.4, -0.2) is 47.4 Å². The van der Waals surface area contributed by atoms with Crippen LogP contribution in [0.3, 0.4) is 0 Å². The number of esters is 1. The van der Waals surface area contributed by atoms with Crippen molar-refractivity contribution in [1.29, 1.82) is 0 Å². The zero-order valence-corrected chi connectivity index (χ0v) is 19.9. The second-order valence-electron chi connectivity index (χ2n) is 7.38. The molecule has 184 valence electrons. The number of ether oxygens (including phenoxy) is 5. The fourth-order valence-corrected chi connectivity index (χ4v) is 4.33. The van der Waals surface area contributed by atoms with Gasteiger partial charge in [-0.2, -0.15) is 0 Å². The highest BCUT2D eigenvalue weighted by molar-refractivity contribution is 7.92. The molecule has 0 saturated heterocycles. The highest BCUT2D eigenvalue weighted by atomic mass is 32.2. The van der Waals surface area contributed by atoms with Gasteiger partial charge in [0.1, 0.15) is 37.9 Å². The molecule has 0 amide bonds. The molecule has 0 atom stereocenters. The molecule has 0 spiro atoms. The Kier molecular flexibility index (Phi) is 7.61. The first-order chi connectivity index (χ1) is 16.9. The Labute approximate surface area is 203 Å². The van der Waals surface area contributed by atoms with E-state index in [0.29, 0.717) is 42.8 Å². The zero-order valence-electron chi connectivity index (χ0n) is 19.1. The van der Waals surface area contributed by atoms with Gasteiger partial charge in [0.2, 0.25) is 0 Å². The highest BCUT2D eigenvalue weighted by Crippen LogP contribution is 2.32. The highest BCUT2D eigenvalue weighted by Gasteiger charge is 2.20. The Morgan fingerprint density at radius 2 is 1.51 bits per heavy atom. The Hall–Kier alpha value is -3.92. The van der Waals surface area contributed by atoms with Gasteiger partial charge in [0.25, 0.3) is 10.0 Å². The molecule has 1 aliphatic heterocycles. The molecule has 0 radical (unpaired) electrons. The molecule has 0 saturated carbocycles. The molecule has 1 N–H and O–H groups in total. The SMILES string of the molecule is CCOc1ccc(OCCOC(=O)c2ccc(NS(=O)(=O)c3ccc4c(c3)OCCO4)cc2)cc1. The van der Waals surface area contributed by atoms with Crippen molar-refractivity contribution in [2.75, 3.05) is 37.8 Å². The molecule has 3 aromatic carbocycles. The first-order valence-electron chi connectivity index (χ1n) is 11.0. The lowest BCUT2D eigenvalue weighted by atomic mass is 10.2. The largest absolute Gasteiger partial charge is 0.494 e. The van der Waals surface area contributed by atoms with Gasteiger partial charge in [-0.1, -0.05) is 0 Å². The minimum absolute atomic E-state index is 0.0396. The Balaban J connectivity index is 1.27. The molecular weight excluding hydrogens is 474 g/mol. The minimum atomic E-state index is -3.86. The fourth-order valence-electron chi connectivity index (χ4n) is 3.26. The van der Waals surface area contributed by atoms with Crippen molar-refractivity contribution >= 4 is 21.7 Å². The standard InChI is InChI=1S/C25H25NO8S/c1-2-30-20-7-9-21(10-8-20)31-13-16-34-25(27)18-3-5-19(6-4-18)26-35(28,29)22-11-12-23-24(17-22)33-15-14-32-23/h3-12,17,26H,2,13-16H2,1H3. The molecule has 0 aromatic heterocycles. The van der Waals surface area contributed by atoms with Crippen molar-refractivity contribution in [3.63, 3.8) is 0 Å². The van der Waals surface area contributed by atoms with E-state index in [-0.39, 0.29) is 23.7 Å². The van der Waals surface area contributed by atoms with Crippen LogP contribution in [0.25, 0.3) is 0 Å². The van der Waals surface area contributed by atoms with Gasteiger partial charge in [-0.05, 0) is 67.6 Å². The van der Waals surface area contributed by atoms with Crippen LogP contribution in [0.4, 0.5) is 5.69 Å². The average molecular weight is 500 g/mol. The average Bonchev–Trinajstić information content (AvgIpc) is 2.87. The van der Waals surface area contributed by atoms with Gasteiger partial charge in [-0.3, -0.25) is 4.72 Å². The van der Waals surface area contributed by atoms with Crippen LogP contribution in [0.1, 0.15) is 17.3 Å². The second kappa shape index (κ2) is 11.0. The molecule has 1 aliphatic rings. The van der Waals surface area contributed by atoms with E-state index in [0.717, 1.165) is 5.75 Å². The van der Waals surface area contributed by atoms with E-state index in [9.17, 15) is 13.2 Å². The predicted octanol–water partition coefficient (Wildman–Crippen LogP) is 3.89. The summed E-state index contributed by atoms with van der Waals surface area (Å²) in [6, 6.07) is 17.5. The summed E-state index contributed by atoms with van der Waals surface area (Å²) in [5, 5.41) is 0. The maximum absolute atomic E-state index is 12.7. The monoisotopic (exact) mass is 499 g/mol. The van der Waals surface area contributed by atoms with Crippen LogP contribution in [0.2, 0.25) is 0 Å². The number of anilines is 1. The van der Waals surface area contributed by atoms with Crippen molar-refractivity contribution in [1.82, 2.24) is 0 Å². The number of rotatable bonds is 10. The number of nitrogens with one attached hydrogen (secondary N) is 1. The van der Waals surface area contributed by atoms with E-state index in [1.54, 1.807) is 30.3 Å². The van der Waals surface area contributed by atoms with Crippen molar-refractivity contribution in [3.05, 3.63) is 72.3 Å². The molecule has 35 heavy (non-hydrogen) atoms. The lowest BCUT2D eigenvalue weighted by molar-refractivity contribution is 0.0450. The van der Waals surface area contributed by atoms with Crippen molar-refractivity contribution in [2.24, 2.45) is 0 Å². The van der Waals surface area contributed by atoms with Crippen molar-refractivity contribution < 1.29 is 36.9 Å². The molecular formula is C25H25NO8S. The molecule has 10 heteroatoms. The summed E-state index contributed by atoms with van der Waals surface area (Å²) in [7, 11) is -3.86. The van der Waals surface area contributed by atoms with Gasteiger partial charge >= 0.3 is 5.97 Å². The third-order valence-electron chi connectivity index (χ3n) is 4.92. The van der Waals surface area contributed by atoms with Crippen molar-refractivity contribution in [3.8, 4) is 23.0 Å². The fraction of sp³-hybridized carbons (Fsp3) is 0.240. The Morgan fingerprint density at radius 1 is 0.857 bits per heavy atom. The number of carbonyl (C=O) groups excluding carboxylic acids is 1. The maximum atomic E-state index is 12.7. The summed E-state index contributed by atoms with van der Waals surface area (Å²) >= 11 is 0. The van der Waals surface area contributed by atoms with Crippen LogP contribution >= 0.6 is 0 Å². The minimum Gasteiger partial charge on any atom is -0.494 e. The molecule has 0 fully saturated rings. The second-order valence-corrected chi connectivity index (χ2v) is 9.06. The van der Waals surface area contributed by atoms with Crippen LogP contribution in [0, 0.1) is 0 Å². The van der Waals surface area contributed by atoms with Gasteiger partial charge in [0, 0.05) is 11.8 Å². The molecule has 9 nitrogen and oxygen atoms in total. The third kappa shape index (κ3) is 6.36. The predicted molar refractivity (Wildman–Crippen MR) is 128 cm³/mol. The van der Waals surface area contributed by atoms with Gasteiger partial charge in [-0.25, -0.2) is 13.2 Å². The molecule has 0 bridgehead atoms. The summed E-state index contributed by atoms with van der Waals surface area (Å²) < 4.78 is 55.0. The van der Waals surface area contributed by atoms with E-state index in [2.05, 4.69) is 4.72 Å². The zero-order chi connectivity index (χ0) is 24.7. The first kappa shape index (κ1) is 24.2. The van der Waals surface area contributed by atoms with Crippen LogP contribution in [-0.2, 0) is 14.8 Å². The number of benzene rings is 3. The Bertz CT molecular complexity index is 1260. The van der Waals surface area contributed by atoms with E-state index in [4.69, 9.17) is 23.7 Å². The summed E-state index contributed by atoms with van der Waals surface area (Å²) in [6.07, 6.45) is 0. The van der Waals surface area contributed by atoms with Crippen LogP contribution in [0.15, 0.2) is 71.6 Å². The van der Waals surface area contributed by atoms with Crippen molar-refractivity contribution in [2.45, 2.75) is 11.8 Å². The first-order valence-corrected chi connectivity index (χ1v) is 12.5. The summed E-state index contributed by atoms with van der Waals surface area (Å²) in [5.41, 5.74) is 0.587. The van der Waals surface area contributed by atoms with Gasteiger partial charge in [-0.15, -0.1) is 0 Å². The van der Waals surface area contributed by atoms with E-state index >= 15 is 0 Å². The van der Waals surface area contributed by atoms with Gasteiger partial charge < -0.3 is 23.7 Å². The normalized spacial score (nSPS) is 12.5. The lowest BCUT2D eigenvalue weighted by Gasteiger charge is -2.19. The third-order valence-corrected chi connectivity index (χ3v) is 6.30. The summed E-state index contributed by atoms with van der Waals surface area (Å²) in [6.45, 7) is 3.52. The number of carbonyl (C=O) groups is 1. The molecule has 3 aromatic rings. The number of hydrogen-bond donors (Lipinski definition) is 1. The molecule has 0 unspecified atom stereocenters. The van der Waals surface area contributed by atoms with E-state index < -0.39 is 16.0 Å². The smallest absolute Gasteiger partial charge is 0.338 e. The molecule has 4 rings (SSSR count). The summed E-state index contributed by atoms with van der Waals surface area (Å²) in [5.74, 6) is 1.73. The van der Waals surface area contributed by atoms with Gasteiger partial charge in [0.05, 0.1) is 17.1 Å². The van der Waals surface area contributed by atoms with Crippen LogP contribution < -0.4 is 23.7 Å². The Morgan fingerprint density at radius 3 is 2.20 bits per heavy atom. The van der Waals surface area contributed by atoms with E-state index in [1.807, 2.05) is 6.92 Å². The van der Waals surface area contributed by atoms with E-state index in [1.165, 1.54) is 36.4 Å². The number of sulfonamides is 1.